The number of carbonyl (C=O) groups is 2. The Hall–Kier alpha value is -2.04. The Morgan fingerprint density at radius 3 is 2.42 bits per heavy atom. The van der Waals surface area contributed by atoms with E-state index in [0.29, 0.717) is 42.8 Å². The highest BCUT2D eigenvalue weighted by Crippen LogP contribution is 2.35. The van der Waals surface area contributed by atoms with Crippen LogP contribution >= 0.6 is 23.2 Å². The molecule has 31 heavy (non-hydrogen) atoms. The number of amides is 2. The van der Waals surface area contributed by atoms with E-state index in [1.54, 1.807) is 4.90 Å². The van der Waals surface area contributed by atoms with Gasteiger partial charge in [-0.2, -0.15) is 18.3 Å². The van der Waals surface area contributed by atoms with Crippen LogP contribution in [0.3, 0.4) is 0 Å². The van der Waals surface area contributed by atoms with Crippen molar-refractivity contribution in [2.75, 3.05) is 19.6 Å². The summed E-state index contributed by atoms with van der Waals surface area (Å²) < 4.78 is 40.6. The molecule has 2 aromatic rings. The molecular weight excluding hydrogens is 460 g/mol. The van der Waals surface area contributed by atoms with Gasteiger partial charge in [-0.3, -0.25) is 9.59 Å². The molecule has 0 radical (unpaired) electrons. The first-order chi connectivity index (χ1) is 14.6. The number of hydrogen-bond acceptors (Lipinski definition) is 4. The van der Waals surface area contributed by atoms with Gasteiger partial charge in [0.15, 0.2) is 5.69 Å². The molecule has 7 nitrogen and oxygen atoms in total. The largest absolute Gasteiger partial charge is 0.433 e. The van der Waals surface area contributed by atoms with E-state index in [4.69, 9.17) is 23.2 Å². The van der Waals surface area contributed by atoms with Crippen molar-refractivity contribution in [1.29, 1.82) is 0 Å². The van der Waals surface area contributed by atoms with Crippen LogP contribution in [0.25, 0.3) is 5.52 Å². The number of nitrogens with zero attached hydrogens (tertiary/aromatic N) is 4. The smallest absolute Gasteiger partial charge is 0.393 e. The minimum Gasteiger partial charge on any atom is -0.393 e. The highest BCUT2D eigenvalue weighted by atomic mass is 35.5. The summed E-state index contributed by atoms with van der Waals surface area (Å²) >= 11 is 12.0. The van der Waals surface area contributed by atoms with Crippen molar-refractivity contribution in [3.63, 3.8) is 0 Å². The summed E-state index contributed by atoms with van der Waals surface area (Å²) in [5, 5.41) is 13.0. The van der Waals surface area contributed by atoms with E-state index in [9.17, 15) is 27.9 Å². The average Bonchev–Trinajstić information content (AvgIpc) is 3.03. The van der Waals surface area contributed by atoms with Crippen molar-refractivity contribution in [1.82, 2.24) is 19.4 Å². The number of halogens is 5. The fourth-order valence-electron chi connectivity index (χ4n) is 4.19. The lowest BCUT2D eigenvalue weighted by Crippen LogP contribution is -2.56. The number of aliphatic hydroxyl groups excluding tert-OH is 1. The van der Waals surface area contributed by atoms with Gasteiger partial charge in [-0.1, -0.05) is 23.2 Å². The van der Waals surface area contributed by atoms with Gasteiger partial charge in [0.05, 0.1) is 16.6 Å². The lowest BCUT2D eigenvalue weighted by atomic mass is 9.91. The second-order valence-electron chi connectivity index (χ2n) is 7.79. The minimum absolute atomic E-state index is 0.0171. The van der Waals surface area contributed by atoms with Crippen molar-refractivity contribution >= 4 is 40.5 Å². The maximum Gasteiger partial charge on any atom is 0.433 e. The van der Waals surface area contributed by atoms with Crippen LogP contribution in [-0.2, 0) is 11.0 Å². The molecule has 2 fully saturated rings. The second kappa shape index (κ2) is 8.14. The Kier molecular flexibility index (Phi) is 5.82. The van der Waals surface area contributed by atoms with Crippen LogP contribution in [0.2, 0.25) is 10.0 Å². The fraction of sp³-hybridized carbons (Fsp3) is 0.526. The number of hydrogen-bond donors (Lipinski definition) is 1. The molecule has 1 N–H and O–H groups in total. The molecule has 0 bridgehead atoms. The average molecular weight is 479 g/mol. The molecule has 2 amide bonds. The molecular formula is C19H19Cl2F3N4O3. The molecule has 4 rings (SSSR count). The van der Waals surface area contributed by atoms with Gasteiger partial charge in [0.2, 0.25) is 5.91 Å². The maximum absolute atomic E-state index is 13.4. The highest BCUT2D eigenvalue weighted by molar-refractivity contribution is 6.37. The van der Waals surface area contributed by atoms with Gasteiger partial charge in [-0.25, -0.2) is 4.52 Å². The summed E-state index contributed by atoms with van der Waals surface area (Å²) in [4.78, 5) is 28.6. The van der Waals surface area contributed by atoms with E-state index in [1.165, 1.54) is 11.0 Å². The number of alkyl halides is 3. The van der Waals surface area contributed by atoms with E-state index in [0.717, 1.165) is 0 Å². The number of piperazine rings is 1. The third-order valence-electron chi connectivity index (χ3n) is 5.78. The molecule has 3 heterocycles. The number of aliphatic hydroxyl groups is 1. The Morgan fingerprint density at radius 2 is 1.81 bits per heavy atom. The van der Waals surface area contributed by atoms with Gasteiger partial charge in [-0.05, 0) is 37.8 Å². The van der Waals surface area contributed by atoms with E-state index in [1.807, 2.05) is 0 Å². The standard InChI is InChI=1S/C19H19Cl2F3N4O3/c20-10-7-13-16(21)17(25-28(13)14(8-10)19(22,23)24)18(31)26-5-6-27(15(30)9-26)11-1-3-12(29)4-2-11/h7-8,11-12,29H,1-6,9H2. The van der Waals surface area contributed by atoms with Crippen molar-refractivity contribution in [3.05, 3.63) is 33.6 Å². The van der Waals surface area contributed by atoms with Crippen LogP contribution in [0, 0.1) is 0 Å². The molecule has 12 heteroatoms. The third-order valence-corrected chi connectivity index (χ3v) is 6.37. The predicted molar refractivity (Wildman–Crippen MR) is 106 cm³/mol. The first kappa shape index (κ1) is 22.2. The highest BCUT2D eigenvalue weighted by Gasteiger charge is 2.38. The van der Waals surface area contributed by atoms with Crippen molar-refractivity contribution in [2.45, 2.75) is 44.0 Å². The molecule has 168 valence electrons. The van der Waals surface area contributed by atoms with E-state index in [2.05, 4.69) is 5.10 Å². The van der Waals surface area contributed by atoms with Gasteiger partial charge in [0, 0.05) is 24.2 Å². The summed E-state index contributed by atoms with van der Waals surface area (Å²) in [6.07, 6.45) is -2.47. The van der Waals surface area contributed by atoms with E-state index in [-0.39, 0.29) is 52.4 Å². The topological polar surface area (TPSA) is 78.2 Å². The lowest BCUT2D eigenvalue weighted by molar-refractivity contribution is -0.142. The van der Waals surface area contributed by atoms with Crippen LogP contribution in [0.5, 0.6) is 0 Å². The van der Waals surface area contributed by atoms with Crippen molar-refractivity contribution in [3.8, 4) is 0 Å². The molecule has 1 aliphatic heterocycles. The summed E-state index contributed by atoms with van der Waals surface area (Å²) in [5.74, 6) is -0.968. The zero-order chi connectivity index (χ0) is 22.5. The van der Waals surface area contributed by atoms with Gasteiger partial charge in [0.25, 0.3) is 5.91 Å². The second-order valence-corrected chi connectivity index (χ2v) is 8.61. The molecule has 1 saturated carbocycles. The normalized spacial score (nSPS) is 23.0. The number of pyridine rings is 1. The Morgan fingerprint density at radius 1 is 1.13 bits per heavy atom. The molecule has 0 atom stereocenters. The molecule has 2 aromatic heterocycles. The Labute approximate surface area is 185 Å². The van der Waals surface area contributed by atoms with Crippen molar-refractivity contribution in [2.24, 2.45) is 0 Å². The third kappa shape index (κ3) is 4.20. The van der Waals surface area contributed by atoms with Gasteiger partial charge >= 0.3 is 6.18 Å². The van der Waals surface area contributed by atoms with Crippen LogP contribution in [0.1, 0.15) is 41.9 Å². The lowest BCUT2D eigenvalue weighted by Gasteiger charge is -2.41. The first-order valence-electron chi connectivity index (χ1n) is 9.78. The Bertz CT molecular complexity index is 1030. The number of fused-ring (bicyclic) bond motifs is 1. The van der Waals surface area contributed by atoms with Crippen LogP contribution in [0.4, 0.5) is 13.2 Å². The zero-order valence-electron chi connectivity index (χ0n) is 16.2. The predicted octanol–water partition coefficient (Wildman–Crippen LogP) is 3.25. The molecule has 0 spiro atoms. The molecule has 2 aliphatic rings. The quantitative estimate of drug-likeness (QED) is 0.718. The summed E-state index contributed by atoms with van der Waals surface area (Å²) in [6, 6.07) is 1.92. The maximum atomic E-state index is 13.4. The molecule has 0 unspecified atom stereocenters. The minimum atomic E-state index is -4.76. The SMILES string of the molecule is O=C(c1nn2c(C(F)(F)F)cc(Cl)cc2c1Cl)N1CCN(C2CCC(O)CC2)C(=O)C1. The number of carbonyl (C=O) groups excluding carboxylic acids is 2. The fourth-order valence-corrected chi connectivity index (χ4v) is 4.65. The first-order valence-corrected chi connectivity index (χ1v) is 10.5. The van der Waals surface area contributed by atoms with Gasteiger partial charge < -0.3 is 14.9 Å². The van der Waals surface area contributed by atoms with Crippen LogP contribution in [0.15, 0.2) is 12.1 Å². The molecule has 0 aromatic carbocycles. The van der Waals surface area contributed by atoms with E-state index >= 15 is 0 Å². The van der Waals surface area contributed by atoms with Gasteiger partial charge in [-0.15, -0.1) is 0 Å². The monoisotopic (exact) mass is 478 g/mol. The van der Waals surface area contributed by atoms with Crippen LogP contribution in [-0.4, -0.2) is 68.1 Å². The summed E-state index contributed by atoms with van der Waals surface area (Å²) in [6.45, 7) is 0.297. The number of aromatic nitrogens is 2. The van der Waals surface area contributed by atoms with Crippen LogP contribution < -0.4 is 0 Å². The molecule has 1 saturated heterocycles. The Balaban J connectivity index is 1.56. The summed E-state index contributed by atoms with van der Waals surface area (Å²) in [5.41, 5.74) is -1.66. The summed E-state index contributed by atoms with van der Waals surface area (Å²) in [7, 11) is 0. The number of rotatable bonds is 2. The van der Waals surface area contributed by atoms with E-state index < -0.39 is 17.8 Å². The zero-order valence-corrected chi connectivity index (χ0v) is 17.7. The van der Waals surface area contributed by atoms with Crippen molar-refractivity contribution < 1.29 is 27.9 Å². The van der Waals surface area contributed by atoms with Gasteiger partial charge in [0.1, 0.15) is 12.2 Å². The molecule has 1 aliphatic carbocycles.